The minimum absolute atomic E-state index is 0.0135. The van der Waals surface area contributed by atoms with Gasteiger partial charge in [-0.15, -0.1) is 11.8 Å². The Bertz CT molecular complexity index is 663. The molecule has 0 aliphatic carbocycles. The van der Waals surface area contributed by atoms with Gasteiger partial charge >= 0.3 is 5.97 Å². The van der Waals surface area contributed by atoms with Gasteiger partial charge in [0.15, 0.2) is 5.41 Å². The maximum atomic E-state index is 12.4. The molecule has 0 spiro atoms. The van der Waals surface area contributed by atoms with Crippen molar-refractivity contribution in [2.75, 3.05) is 12.4 Å². The molecule has 2 atom stereocenters. The van der Waals surface area contributed by atoms with Crippen LogP contribution in [0.1, 0.15) is 33.6 Å². The quantitative estimate of drug-likeness (QED) is 0.507. The average molecular weight is 385 g/mol. The SMILES string of the molecule is CCOC(=O)CS[C@@H]1NC(Cl)=C(C#N)[C@](C#N)(C(N)=O)C1(CC)CC. The number of ether oxygens (including phenoxy) is 1. The van der Waals surface area contributed by atoms with Crippen LogP contribution in [0.2, 0.25) is 0 Å². The van der Waals surface area contributed by atoms with Crippen molar-refractivity contribution in [3.05, 3.63) is 10.7 Å². The summed E-state index contributed by atoms with van der Waals surface area (Å²) in [5, 5.41) is 21.7. The van der Waals surface area contributed by atoms with Gasteiger partial charge in [-0.3, -0.25) is 9.59 Å². The predicted octanol–water partition coefficient (Wildman–Crippen LogP) is 1.99. The van der Waals surface area contributed by atoms with E-state index in [0.717, 1.165) is 0 Å². The van der Waals surface area contributed by atoms with Crippen molar-refractivity contribution in [2.24, 2.45) is 16.6 Å². The van der Waals surface area contributed by atoms with Crippen molar-refractivity contribution in [1.29, 1.82) is 10.5 Å². The lowest BCUT2D eigenvalue weighted by Gasteiger charge is -2.51. The standard InChI is InChI=1S/C16H21ClN4O3S/c1-4-15(5-2)14(25-8-11(22)24-6-3)21-12(17)10(7-18)16(15,9-19)13(20)23/h14,21H,4-6,8H2,1-3H3,(H2,20,23)/t14-,16+/m0/s1. The van der Waals surface area contributed by atoms with Crippen molar-refractivity contribution in [3.8, 4) is 12.1 Å². The minimum atomic E-state index is -1.88. The number of halogens is 1. The third kappa shape index (κ3) is 3.29. The Morgan fingerprint density at radius 3 is 2.36 bits per heavy atom. The summed E-state index contributed by atoms with van der Waals surface area (Å²) in [6.45, 7) is 5.59. The van der Waals surface area contributed by atoms with E-state index in [4.69, 9.17) is 22.1 Å². The molecule has 25 heavy (non-hydrogen) atoms. The number of thioether (sulfide) groups is 1. The van der Waals surface area contributed by atoms with E-state index < -0.39 is 28.1 Å². The van der Waals surface area contributed by atoms with Crippen LogP contribution in [0.15, 0.2) is 10.7 Å². The van der Waals surface area contributed by atoms with Crippen LogP contribution in [0.25, 0.3) is 0 Å². The number of nitrogens with two attached hydrogens (primary N) is 1. The average Bonchev–Trinajstić information content (AvgIpc) is 2.59. The number of nitrogens with one attached hydrogen (secondary N) is 1. The highest BCUT2D eigenvalue weighted by atomic mass is 35.5. The summed E-state index contributed by atoms with van der Waals surface area (Å²) in [7, 11) is 0. The molecule has 1 heterocycles. The highest BCUT2D eigenvalue weighted by Gasteiger charge is 2.64. The fourth-order valence-corrected chi connectivity index (χ4v) is 5.14. The number of amides is 1. The molecule has 0 saturated heterocycles. The normalized spacial score (nSPS) is 24.6. The van der Waals surface area contributed by atoms with Crippen LogP contribution in [-0.4, -0.2) is 29.6 Å². The maximum Gasteiger partial charge on any atom is 0.315 e. The third-order valence-corrected chi connectivity index (χ3v) is 6.29. The minimum Gasteiger partial charge on any atom is -0.465 e. The van der Waals surface area contributed by atoms with E-state index in [-0.39, 0.29) is 23.1 Å². The molecule has 7 nitrogen and oxygen atoms in total. The molecule has 136 valence electrons. The summed E-state index contributed by atoms with van der Waals surface area (Å²) < 4.78 is 4.92. The van der Waals surface area contributed by atoms with E-state index in [1.807, 2.05) is 26.0 Å². The van der Waals surface area contributed by atoms with Gasteiger partial charge < -0.3 is 15.8 Å². The van der Waals surface area contributed by atoms with Crippen LogP contribution in [0.5, 0.6) is 0 Å². The Morgan fingerprint density at radius 2 is 1.96 bits per heavy atom. The Kier molecular flexibility index (Phi) is 7.16. The first kappa shape index (κ1) is 21.1. The summed E-state index contributed by atoms with van der Waals surface area (Å²) in [5.74, 6) is -1.32. The number of primary amides is 1. The summed E-state index contributed by atoms with van der Waals surface area (Å²) in [6, 6.07) is 3.84. The number of rotatable bonds is 7. The number of hydrogen-bond donors (Lipinski definition) is 2. The van der Waals surface area contributed by atoms with Gasteiger partial charge in [-0.25, -0.2) is 0 Å². The van der Waals surface area contributed by atoms with Crippen LogP contribution < -0.4 is 11.1 Å². The van der Waals surface area contributed by atoms with Gasteiger partial charge in [0.2, 0.25) is 5.91 Å². The maximum absolute atomic E-state index is 12.4. The first-order valence-corrected chi connectivity index (χ1v) is 9.29. The summed E-state index contributed by atoms with van der Waals surface area (Å²) >= 11 is 7.34. The molecule has 0 saturated carbocycles. The van der Waals surface area contributed by atoms with Crippen molar-refractivity contribution in [2.45, 2.75) is 39.0 Å². The Hall–Kier alpha value is -1.90. The third-order valence-electron chi connectivity index (χ3n) is 4.69. The Labute approximate surface area is 156 Å². The fourth-order valence-electron chi connectivity index (χ4n) is 3.37. The number of carbonyl (C=O) groups is 2. The van der Waals surface area contributed by atoms with Gasteiger partial charge in [0.25, 0.3) is 0 Å². The fraction of sp³-hybridized carbons (Fsp3) is 0.625. The van der Waals surface area contributed by atoms with E-state index in [9.17, 15) is 20.1 Å². The molecule has 0 fully saturated rings. The second-order valence-corrected chi connectivity index (χ2v) is 7.00. The van der Waals surface area contributed by atoms with E-state index in [1.54, 1.807) is 6.92 Å². The van der Waals surface area contributed by atoms with Crippen LogP contribution in [0.4, 0.5) is 0 Å². The molecular formula is C16H21ClN4O3S. The van der Waals surface area contributed by atoms with Crippen LogP contribution in [0.3, 0.4) is 0 Å². The molecule has 9 heteroatoms. The van der Waals surface area contributed by atoms with Crippen molar-refractivity contribution in [1.82, 2.24) is 5.32 Å². The molecule has 0 aromatic rings. The Balaban J connectivity index is 3.50. The van der Waals surface area contributed by atoms with E-state index in [1.165, 1.54) is 11.8 Å². The number of esters is 1. The first-order valence-electron chi connectivity index (χ1n) is 7.86. The zero-order chi connectivity index (χ0) is 19.3. The van der Waals surface area contributed by atoms with E-state index >= 15 is 0 Å². The summed E-state index contributed by atoms with van der Waals surface area (Å²) in [4.78, 5) is 24.1. The molecule has 0 bridgehead atoms. The monoisotopic (exact) mass is 384 g/mol. The van der Waals surface area contributed by atoms with E-state index in [0.29, 0.717) is 12.8 Å². The van der Waals surface area contributed by atoms with Crippen molar-refractivity contribution < 1.29 is 14.3 Å². The highest BCUT2D eigenvalue weighted by molar-refractivity contribution is 8.00. The van der Waals surface area contributed by atoms with Gasteiger partial charge in [0.1, 0.15) is 11.2 Å². The molecule has 1 amide bonds. The van der Waals surface area contributed by atoms with Gasteiger partial charge in [-0.05, 0) is 19.8 Å². The largest absolute Gasteiger partial charge is 0.465 e. The lowest BCUT2D eigenvalue weighted by atomic mass is 9.56. The summed E-state index contributed by atoms with van der Waals surface area (Å²) in [6.07, 6.45) is 0.756. The van der Waals surface area contributed by atoms with Crippen LogP contribution >= 0.6 is 23.4 Å². The molecule has 1 aliphatic rings. The predicted molar refractivity (Wildman–Crippen MR) is 94.8 cm³/mol. The number of nitrogens with zero attached hydrogens (tertiary/aromatic N) is 2. The smallest absolute Gasteiger partial charge is 0.315 e. The van der Waals surface area contributed by atoms with Crippen LogP contribution in [0, 0.1) is 33.5 Å². The zero-order valence-corrected chi connectivity index (χ0v) is 16.0. The topological polar surface area (TPSA) is 129 Å². The molecule has 0 unspecified atom stereocenters. The van der Waals surface area contributed by atoms with Gasteiger partial charge in [-0.1, -0.05) is 25.4 Å². The van der Waals surface area contributed by atoms with Crippen molar-refractivity contribution >= 4 is 35.2 Å². The molecule has 0 aromatic carbocycles. The summed E-state index contributed by atoms with van der Waals surface area (Å²) in [5.41, 5.74) is 2.54. The molecule has 1 rings (SSSR count). The second-order valence-electron chi connectivity index (χ2n) is 5.53. The lowest BCUT2D eigenvalue weighted by molar-refractivity contribution is -0.139. The number of hydrogen-bond acceptors (Lipinski definition) is 7. The van der Waals surface area contributed by atoms with Gasteiger partial charge in [0, 0.05) is 5.41 Å². The van der Waals surface area contributed by atoms with Crippen molar-refractivity contribution in [3.63, 3.8) is 0 Å². The van der Waals surface area contributed by atoms with Gasteiger partial charge in [-0.2, -0.15) is 10.5 Å². The Morgan fingerprint density at radius 1 is 1.36 bits per heavy atom. The number of carbonyl (C=O) groups excluding carboxylic acids is 2. The molecule has 0 aromatic heterocycles. The van der Waals surface area contributed by atoms with E-state index in [2.05, 4.69) is 5.32 Å². The van der Waals surface area contributed by atoms with Gasteiger partial charge in [0.05, 0.1) is 29.4 Å². The first-order chi connectivity index (χ1) is 11.8. The highest BCUT2D eigenvalue weighted by Crippen LogP contribution is 2.57. The van der Waals surface area contributed by atoms with Crippen LogP contribution in [-0.2, 0) is 14.3 Å². The molecule has 0 radical (unpaired) electrons. The molecule has 1 aliphatic heterocycles. The lowest BCUT2D eigenvalue weighted by Crippen LogP contribution is -2.62. The molecular weight excluding hydrogens is 364 g/mol. The second kappa shape index (κ2) is 8.46. The molecule has 3 N–H and O–H groups in total. The zero-order valence-electron chi connectivity index (χ0n) is 14.4. The number of nitriles is 2.